The number of carbonyl (C=O) groups is 3. The second-order valence-electron chi connectivity index (χ2n) is 12.7. The second-order valence-corrected chi connectivity index (χ2v) is 12.7. The number of esters is 2. The highest BCUT2D eigenvalue weighted by Gasteiger charge is 2.71. The molecule has 1 spiro atoms. The van der Waals surface area contributed by atoms with Gasteiger partial charge in [0.2, 0.25) is 11.7 Å². The number of piperidine rings is 1. The number of rotatable bonds is 4. The molecular weight excluding hydrogens is 516 g/mol. The lowest BCUT2D eigenvalue weighted by molar-refractivity contribution is -0.171. The minimum Gasteiger partial charge on any atom is -0.481 e. The van der Waals surface area contributed by atoms with Crippen LogP contribution < -0.4 is 4.74 Å². The average Bonchev–Trinajstić information content (AvgIpc) is 3.58. The van der Waals surface area contributed by atoms with E-state index in [0.29, 0.717) is 38.0 Å². The van der Waals surface area contributed by atoms with Crippen molar-refractivity contribution in [2.45, 2.75) is 100 Å². The zero-order valence-corrected chi connectivity index (χ0v) is 23.4. The first-order chi connectivity index (χ1) is 18.9. The molecule has 7 rings (SSSR count). The maximum atomic E-state index is 13.6. The Morgan fingerprint density at radius 1 is 1.23 bits per heavy atom. The van der Waals surface area contributed by atoms with Crippen molar-refractivity contribution >= 4 is 17.8 Å². The Morgan fingerprint density at radius 3 is 2.77 bits per heavy atom. The van der Waals surface area contributed by atoms with Gasteiger partial charge in [0.25, 0.3) is 0 Å². The highest BCUT2D eigenvalue weighted by molar-refractivity contribution is 5.89. The Morgan fingerprint density at radius 2 is 2.02 bits per heavy atom. The minimum atomic E-state index is -1.08. The third-order valence-electron chi connectivity index (χ3n) is 10.0. The lowest BCUT2D eigenvalue weighted by Crippen LogP contribution is -2.74. The zero-order chi connectivity index (χ0) is 28.2. The van der Waals surface area contributed by atoms with E-state index in [4.69, 9.17) is 18.9 Å². The quantitative estimate of drug-likeness (QED) is 0.559. The predicted octanol–water partition coefficient (Wildman–Crippen LogP) is 1.88. The third kappa shape index (κ3) is 3.42. The average molecular weight is 553 g/mol. The van der Waals surface area contributed by atoms with Gasteiger partial charge in [-0.3, -0.25) is 4.79 Å². The maximum Gasteiger partial charge on any atom is 0.338 e. The molecule has 0 saturated carbocycles. The fourth-order valence-corrected chi connectivity index (χ4v) is 8.20. The largest absolute Gasteiger partial charge is 0.481 e. The Bertz CT molecular complexity index is 1360. The van der Waals surface area contributed by atoms with Gasteiger partial charge in [0.1, 0.15) is 17.6 Å². The van der Waals surface area contributed by atoms with Crippen LogP contribution in [0.5, 0.6) is 5.75 Å². The van der Waals surface area contributed by atoms with Gasteiger partial charge >= 0.3 is 11.9 Å². The fourth-order valence-electron chi connectivity index (χ4n) is 8.20. The molecule has 3 fully saturated rings. The number of aryl methyl sites for hydroxylation is 1. The van der Waals surface area contributed by atoms with Crippen LogP contribution in [0.4, 0.5) is 0 Å². The first-order valence-electron chi connectivity index (χ1n) is 14.3. The van der Waals surface area contributed by atoms with Crippen LogP contribution in [0.2, 0.25) is 0 Å². The van der Waals surface area contributed by atoms with Crippen molar-refractivity contribution in [3.8, 4) is 5.75 Å². The van der Waals surface area contributed by atoms with Gasteiger partial charge in [-0.1, -0.05) is 12.1 Å². The van der Waals surface area contributed by atoms with Gasteiger partial charge in [0.15, 0.2) is 12.2 Å². The van der Waals surface area contributed by atoms with Gasteiger partial charge < -0.3 is 33.9 Å². The molecule has 1 N–H and O–H groups in total. The second kappa shape index (κ2) is 8.53. The van der Waals surface area contributed by atoms with E-state index in [2.05, 4.69) is 24.1 Å². The van der Waals surface area contributed by atoms with Crippen molar-refractivity contribution in [1.82, 2.24) is 9.80 Å². The van der Waals surface area contributed by atoms with Crippen molar-refractivity contribution in [3.05, 3.63) is 40.7 Å². The predicted molar refractivity (Wildman–Crippen MR) is 140 cm³/mol. The third-order valence-corrected chi connectivity index (χ3v) is 10.0. The first kappa shape index (κ1) is 26.0. The summed E-state index contributed by atoms with van der Waals surface area (Å²) in [6.07, 6.45) is 2.88. The molecule has 0 aromatic heterocycles. The standard InChI is InChI=1S/C30H36N2O8/c1-16-7-8-17-14-21-30(36)10-9-19(25-29(30,11-13-31(21)4)23(17)24(16)38-25)37-26(34)18-6-5-12-32(18)22(33)15-20-27(35)40-28(2,3)39-20/h7-9,18,20-21,25,36H,5-6,10-15H2,1-4H3/t18-,20-,21+,25-,29-,30+/m0/s1. The fraction of sp³-hybridized carbons (Fsp3) is 0.633. The van der Waals surface area contributed by atoms with E-state index < -0.39 is 47.0 Å². The number of carbonyl (C=O) groups excluding carboxylic acids is 3. The Balaban J connectivity index is 1.15. The van der Waals surface area contributed by atoms with Crippen LogP contribution in [0.25, 0.3) is 0 Å². The molecule has 1 aromatic rings. The molecule has 40 heavy (non-hydrogen) atoms. The molecule has 1 aromatic carbocycles. The molecule has 214 valence electrons. The van der Waals surface area contributed by atoms with E-state index in [1.54, 1.807) is 13.8 Å². The molecule has 6 atom stereocenters. The summed E-state index contributed by atoms with van der Waals surface area (Å²) >= 11 is 0. The molecule has 1 amide bonds. The van der Waals surface area contributed by atoms with Gasteiger partial charge in [0.05, 0.1) is 17.4 Å². The number of likely N-dealkylation sites (N-methyl/N-ethyl adjacent to an activating group) is 1. The Kier molecular flexibility index (Phi) is 5.54. The van der Waals surface area contributed by atoms with Crippen LogP contribution in [0, 0.1) is 6.92 Å². The number of cyclic esters (lactones) is 1. The molecule has 2 aliphatic carbocycles. The Hall–Kier alpha value is -2.95. The molecule has 10 heteroatoms. The van der Waals surface area contributed by atoms with E-state index in [1.165, 1.54) is 10.5 Å². The molecular formula is C30H36N2O8. The normalized spacial score (nSPS) is 37.0. The van der Waals surface area contributed by atoms with Crippen LogP contribution >= 0.6 is 0 Å². The number of likely N-dealkylation sites (tertiary alicyclic amines) is 2. The lowest BCUT2D eigenvalue weighted by Gasteiger charge is -2.61. The highest BCUT2D eigenvalue weighted by atomic mass is 16.8. The molecule has 3 saturated heterocycles. The zero-order valence-electron chi connectivity index (χ0n) is 23.4. The summed E-state index contributed by atoms with van der Waals surface area (Å²) < 4.78 is 23.5. The summed E-state index contributed by atoms with van der Waals surface area (Å²) in [5, 5.41) is 12.3. The highest BCUT2D eigenvalue weighted by Crippen LogP contribution is 2.64. The van der Waals surface area contributed by atoms with Gasteiger partial charge in [-0.25, -0.2) is 9.59 Å². The smallest absolute Gasteiger partial charge is 0.338 e. The van der Waals surface area contributed by atoms with E-state index in [9.17, 15) is 19.5 Å². The van der Waals surface area contributed by atoms with Crippen molar-refractivity contribution < 1.29 is 38.4 Å². The number of aliphatic hydroxyl groups is 1. The lowest BCUT2D eigenvalue weighted by atomic mass is 9.50. The molecule has 4 aliphatic heterocycles. The number of hydrogen-bond acceptors (Lipinski definition) is 9. The van der Waals surface area contributed by atoms with Gasteiger partial charge in [-0.2, -0.15) is 0 Å². The first-order valence-corrected chi connectivity index (χ1v) is 14.3. The molecule has 0 unspecified atom stereocenters. The number of hydrogen-bond donors (Lipinski definition) is 1. The number of ether oxygens (including phenoxy) is 4. The topological polar surface area (TPSA) is 115 Å². The summed E-state index contributed by atoms with van der Waals surface area (Å²) in [5.41, 5.74) is 1.49. The van der Waals surface area contributed by atoms with E-state index in [0.717, 1.165) is 29.8 Å². The number of benzene rings is 1. The van der Waals surface area contributed by atoms with Crippen LogP contribution in [0.3, 0.4) is 0 Å². The van der Waals surface area contributed by atoms with Crippen molar-refractivity contribution in [2.75, 3.05) is 20.1 Å². The molecule has 10 nitrogen and oxygen atoms in total. The van der Waals surface area contributed by atoms with Crippen LogP contribution in [-0.4, -0.2) is 88.6 Å². The summed E-state index contributed by atoms with van der Waals surface area (Å²) in [7, 11) is 2.06. The number of nitrogens with zero attached hydrogens (tertiary/aromatic N) is 2. The van der Waals surface area contributed by atoms with Crippen molar-refractivity contribution in [2.24, 2.45) is 0 Å². The van der Waals surface area contributed by atoms with E-state index in [1.807, 2.05) is 13.0 Å². The maximum absolute atomic E-state index is 13.6. The summed E-state index contributed by atoms with van der Waals surface area (Å²) in [5.74, 6) is -1.33. The van der Waals surface area contributed by atoms with Crippen molar-refractivity contribution in [3.63, 3.8) is 0 Å². The molecule has 0 radical (unpaired) electrons. The monoisotopic (exact) mass is 552 g/mol. The van der Waals surface area contributed by atoms with Gasteiger partial charge in [0, 0.05) is 38.4 Å². The summed E-state index contributed by atoms with van der Waals surface area (Å²) in [6, 6.07) is 3.36. The molecule has 2 bridgehead atoms. The summed E-state index contributed by atoms with van der Waals surface area (Å²) in [4.78, 5) is 42.7. The van der Waals surface area contributed by atoms with Gasteiger partial charge in [-0.15, -0.1) is 0 Å². The molecule has 6 aliphatic rings. The van der Waals surface area contributed by atoms with Crippen LogP contribution in [-0.2, 0) is 40.4 Å². The molecule has 4 heterocycles. The van der Waals surface area contributed by atoms with Crippen molar-refractivity contribution in [1.29, 1.82) is 0 Å². The van der Waals surface area contributed by atoms with Gasteiger partial charge in [-0.05, 0) is 63.4 Å². The van der Waals surface area contributed by atoms with Crippen LogP contribution in [0.15, 0.2) is 24.0 Å². The SMILES string of the molecule is Cc1ccc2c3c1O[C@H]1C(OC(=O)[C@@H]4CCCN4C(=O)C[C@@H]4OC(C)(C)OC4=O)=CC[C@@]4(O)[C@@H](C2)N(C)CC[C@]314. The Labute approximate surface area is 233 Å². The van der Waals surface area contributed by atoms with E-state index >= 15 is 0 Å². The minimum absolute atomic E-state index is 0.0700. The van der Waals surface area contributed by atoms with E-state index in [-0.39, 0.29) is 18.4 Å². The van der Waals surface area contributed by atoms with Crippen LogP contribution in [0.1, 0.15) is 62.6 Å². The summed E-state index contributed by atoms with van der Waals surface area (Å²) in [6.45, 7) is 6.45. The number of amides is 1.